The van der Waals surface area contributed by atoms with Crippen molar-refractivity contribution in [2.24, 2.45) is 5.41 Å². The second-order valence-corrected chi connectivity index (χ2v) is 10.6. The number of benzene rings is 2. The molecule has 1 heterocycles. The Kier molecular flexibility index (Phi) is 8.58. The fraction of sp³-hybridized carbons (Fsp3) is 0.567. The summed E-state index contributed by atoms with van der Waals surface area (Å²) in [5, 5.41) is 0. The molecule has 0 radical (unpaired) electrons. The highest BCUT2D eigenvalue weighted by Gasteiger charge is 2.44. The van der Waals surface area contributed by atoms with E-state index < -0.39 is 0 Å². The summed E-state index contributed by atoms with van der Waals surface area (Å²) in [4.78, 5) is 18.5. The zero-order chi connectivity index (χ0) is 25.7. The third-order valence-electron chi connectivity index (χ3n) is 8.45. The highest BCUT2D eigenvalue weighted by Crippen LogP contribution is 2.43. The predicted molar refractivity (Wildman–Crippen MR) is 144 cm³/mol. The highest BCUT2D eigenvalue weighted by atomic mass is 16.5. The van der Waals surface area contributed by atoms with Crippen LogP contribution in [0.3, 0.4) is 0 Å². The van der Waals surface area contributed by atoms with Gasteiger partial charge in [0.15, 0.2) is 0 Å². The number of carbonyl (C=O) groups is 1. The van der Waals surface area contributed by atoms with Crippen molar-refractivity contribution in [1.29, 1.82) is 0 Å². The quantitative estimate of drug-likeness (QED) is 0.515. The average molecular weight is 495 g/mol. The van der Waals surface area contributed by atoms with Crippen molar-refractivity contribution < 1.29 is 19.0 Å². The van der Waals surface area contributed by atoms with Crippen molar-refractivity contribution in [2.45, 2.75) is 57.1 Å². The molecular weight excluding hydrogens is 452 g/mol. The molecule has 36 heavy (non-hydrogen) atoms. The molecule has 1 saturated carbocycles. The molecule has 6 nitrogen and oxygen atoms in total. The molecule has 0 bridgehead atoms. The minimum atomic E-state index is -0.378. The maximum Gasteiger partial charge on any atom is 0.229 e. The average Bonchev–Trinajstić information content (AvgIpc) is 2.93. The van der Waals surface area contributed by atoms with Crippen LogP contribution in [0.5, 0.6) is 11.5 Å². The van der Waals surface area contributed by atoms with Gasteiger partial charge in [0.25, 0.3) is 0 Å². The standard InChI is InChI=1S/C30H42N2O4/c1-31-19-15-24(16-20-31)32(2)29(33)30(17-13-25(34-3)14-18-30)21-22-9-11-23(12-10-22)28-26(35-4)7-6-8-27(28)36-5/h6-12,24-25H,13-21H2,1-5H3. The summed E-state index contributed by atoms with van der Waals surface area (Å²) >= 11 is 0. The molecule has 2 aromatic carbocycles. The van der Waals surface area contributed by atoms with E-state index in [1.807, 2.05) is 25.2 Å². The van der Waals surface area contributed by atoms with Gasteiger partial charge in [0.05, 0.1) is 31.3 Å². The van der Waals surface area contributed by atoms with Gasteiger partial charge in [0.1, 0.15) is 11.5 Å². The van der Waals surface area contributed by atoms with Gasteiger partial charge in [-0.1, -0.05) is 30.3 Å². The Bertz CT molecular complexity index is 984. The number of hydrogen-bond acceptors (Lipinski definition) is 5. The van der Waals surface area contributed by atoms with Gasteiger partial charge in [-0.15, -0.1) is 0 Å². The zero-order valence-electron chi connectivity index (χ0n) is 22.6. The summed E-state index contributed by atoms with van der Waals surface area (Å²) in [5.74, 6) is 1.87. The van der Waals surface area contributed by atoms with Crippen molar-refractivity contribution in [3.63, 3.8) is 0 Å². The van der Waals surface area contributed by atoms with E-state index in [-0.39, 0.29) is 11.5 Å². The van der Waals surface area contributed by atoms with Crippen LogP contribution in [-0.4, -0.2) is 76.4 Å². The van der Waals surface area contributed by atoms with Crippen LogP contribution in [0.25, 0.3) is 11.1 Å². The molecule has 0 spiro atoms. The number of hydrogen-bond donors (Lipinski definition) is 0. The number of piperidine rings is 1. The van der Waals surface area contributed by atoms with Gasteiger partial charge in [-0.05, 0) is 88.3 Å². The Hall–Kier alpha value is -2.57. The molecule has 4 rings (SSSR count). The van der Waals surface area contributed by atoms with Gasteiger partial charge in [0.2, 0.25) is 5.91 Å². The van der Waals surface area contributed by atoms with Crippen LogP contribution >= 0.6 is 0 Å². The summed E-state index contributed by atoms with van der Waals surface area (Å²) in [6.07, 6.45) is 6.69. The molecule has 2 aliphatic rings. The molecule has 196 valence electrons. The van der Waals surface area contributed by atoms with Gasteiger partial charge >= 0.3 is 0 Å². The third kappa shape index (κ3) is 5.55. The van der Waals surface area contributed by atoms with E-state index in [2.05, 4.69) is 41.1 Å². The summed E-state index contributed by atoms with van der Waals surface area (Å²) in [7, 11) is 9.34. The predicted octanol–water partition coefficient (Wildman–Crippen LogP) is 5.04. The molecule has 1 saturated heterocycles. The van der Waals surface area contributed by atoms with Crippen molar-refractivity contribution >= 4 is 5.91 Å². The van der Waals surface area contributed by atoms with Crippen LogP contribution in [0.4, 0.5) is 0 Å². The number of likely N-dealkylation sites (tertiary alicyclic amines) is 1. The molecule has 0 atom stereocenters. The number of carbonyl (C=O) groups excluding carboxylic acids is 1. The SMILES string of the molecule is COc1cccc(OC)c1-c1ccc(CC2(C(=O)N(C)C3CCN(C)CC3)CCC(OC)CC2)cc1. The van der Waals surface area contributed by atoms with Crippen LogP contribution in [0, 0.1) is 5.41 Å². The minimum Gasteiger partial charge on any atom is -0.496 e. The molecule has 0 N–H and O–H groups in total. The molecule has 2 fully saturated rings. The van der Waals surface area contributed by atoms with Crippen molar-refractivity contribution in [3.8, 4) is 22.6 Å². The van der Waals surface area contributed by atoms with Gasteiger partial charge < -0.3 is 24.0 Å². The fourth-order valence-electron chi connectivity index (χ4n) is 6.08. The fourth-order valence-corrected chi connectivity index (χ4v) is 6.08. The normalized spacial score (nSPS) is 23.3. The first-order valence-electron chi connectivity index (χ1n) is 13.2. The van der Waals surface area contributed by atoms with E-state index in [0.29, 0.717) is 11.9 Å². The van der Waals surface area contributed by atoms with E-state index in [0.717, 1.165) is 80.7 Å². The molecule has 0 aromatic heterocycles. The third-order valence-corrected chi connectivity index (χ3v) is 8.45. The van der Waals surface area contributed by atoms with E-state index in [4.69, 9.17) is 14.2 Å². The molecule has 0 unspecified atom stereocenters. The van der Waals surface area contributed by atoms with Crippen LogP contribution < -0.4 is 9.47 Å². The summed E-state index contributed by atoms with van der Waals surface area (Å²) in [6, 6.07) is 14.7. The lowest BCUT2D eigenvalue weighted by Crippen LogP contribution is -2.52. The van der Waals surface area contributed by atoms with E-state index in [1.54, 1.807) is 21.3 Å². The van der Waals surface area contributed by atoms with Crippen molar-refractivity contribution in [3.05, 3.63) is 48.0 Å². The lowest BCUT2D eigenvalue weighted by Gasteiger charge is -2.44. The number of methoxy groups -OCH3 is 3. The Morgan fingerprint density at radius 2 is 1.53 bits per heavy atom. The van der Waals surface area contributed by atoms with Gasteiger partial charge in [0, 0.05) is 20.2 Å². The van der Waals surface area contributed by atoms with Gasteiger partial charge in [-0.2, -0.15) is 0 Å². The van der Waals surface area contributed by atoms with E-state index in [1.165, 1.54) is 5.56 Å². The van der Waals surface area contributed by atoms with Crippen LogP contribution in [-0.2, 0) is 16.0 Å². The second kappa shape index (κ2) is 11.7. The van der Waals surface area contributed by atoms with E-state index >= 15 is 0 Å². The summed E-state index contributed by atoms with van der Waals surface area (Å²) in [6.45, 7) is 2.10. The van der Waals surface area contributed by atoms with Crippen LogP contribution in [0.1, 0.15) is 44.1 Å². The van der Waals surface area contributed by atoms with Gasteiger partial charge in [-0.3, -0.25) is 4.79 Å². The highest BCUT2D eigenvalue weighted by molar-refractivity contribution is 5.83. The first kappa shape index (κ1) is 26.5. The summed E-state index contributed by atoms with van der Waals surface area (Å²) in [5.41, 5.74) is 2.80. The number of nitrogens with zero attached hydrogens (tertiary/aromatic N) is 2. The molecule has 1 aliphatic heterocycles. The minimum absolute atomic E-state index is 0.250. The summed E-state index contributed by atoms with van der Waals surface area (Å²) < 4.78 is 16.9. The number of rotatable bonds is 8. The Labute approximate surface area is 216 Å². The molecule has 2 aromatic rings. The van der Waals surface area contributed by atoms with Gasteiger partial charge in [-0.25, -0.2) is 0 Å². The molecular formula is C30H42N2O4. The largest absolute Gasteiger partial charge is 0.496 e. The zero-order valence-corrected chi connectivity index (χ0v) is 22.6. The van der Waals surface area contributed by atoms with Crippen LogP contribution in [0.15, 0.2) is 42.5 Å². The monoisotopic (exact) mass is 494 g/mol. The lowest BCUT2D eigenvalue weighted by atomic mass is 9.68. The molecule has 6 heteroatoms. The van der Waals surface area contributed by atoms with Crippen LogP contribution in [0.2, 0.25) is 0 Å². The second-order valence-electron chi connectivity index (χ2n) is 10.6. The maximum absolute atomic E-state index is 14.1. The Balaban J connectivity index is 1.58. The Morgan fingerprint density at radius 1 is 0.944 bits per heavy atom. The first-order chi connectivity index (χ1) is 17.4. The topological polar surface area (TPSA) is 51.2 Å². The lowest BCUT2D eigenvalue weighted by molar-refractivity contribution is -0.147. The smallest absolute Gasteiger partial charge is 0.229 e. The van der Waals surface area contributed by atoms with E-state index in [9.17, 15) is 4.79 Å². The molecule has 1 aliphatic carbocycles. The number of ether oxygens (including phenoxy) is 3. The number of amides is 1. The first-order valence-corrected chi connectivity index (χ1v) is 13.2. The van der Waals surface area contributed by atoms with Crippen molar-refractivity contribution in [2.75, 3.05) is 48.5 Å². The Morgan fingerprint density at radius 3 is 2.06 bits per heavy atom. The molecule has 1 amide bonds. The van der Waals surface area contributed by atoms with Crippen molar-refractivity contribution in [1.82, 2.24) is 9.80 Å². The maximum atomic E-state index is 14.1.